The molecule has 2 aromatic rings. The van der Waals surface area contributed by atoms with Crippen molar-refractivity contribution < 1.29 is 19.1 Å². The summed E-state index contributed by atoms with van der Waals surface area (Å²) in [6.45, 7) is -0.390. The zero-order valence-corrected chi connectivity index (χ0v) is 16.7. The van der Waals surface area contributed by atoms with Crippen LogP contribution in [0.25, 0.3) is 0 Å². The van der Waals surface area contributed by atoms with Crippen LogP contribution < -0.4 is 11.1 Å². The van der Waals surface area contributed by atoms with Crippen LogP contribution in [-0.4, -0.2) is 24.4 Å². The Morgan fingerprint density at radius 2 is 1.72 bits per heavy atom. The molecule has 0 saturated heterocycles. The number of ether oxygens (including phenoxy) is 1. The molecule has 0 spiro atoms. The van der Waals surface area contributed by atoms with Gasteiger partial charge in [0.15, 0.2) is 6.61 Å². The number of carbonyl (C=O) groups is 3. The molecule has 0 unspecified atom stereocenters. The van der Waals surface area contributed by atoms with Crippen LogP contribution in [-0.2, 0) is 19.7 Å². The van der Waals surface area contributed by atoms with Crippen molar-refractivity contribution in [3.63, 3.8) is 0 Å². The van der Waals surface area contributed by atoms with E-state index in [-0.39, 0.29) is 0 Å². The standard InChI is InChI=1S/C22H23ClN2O4/c23-17-6-4-5-16(13-17)22(11-2-1-3-12-22)21(28)29-14-19(26)25-18-9-7-15(8-10-18)20(24)27/h4-10,13H,1-3,11-12,14H2,(H2,24,27)(H,25,26). The molecule has 0 radical (unpaired) electrons. The smallest absolute Gasteiger partial charge is 0.317 e. The molecule has 1 fully saturated rings. The van der Waals surface area contributed by atoms with E-state index in [1.165, 1.54) is 12.1 Å². The number of esters is 1. The average Bonchev–Trinajstić information content (AvgIpc) is 2.73. The van der Waals surface area contributed by atoms with Crippen LogP contribution in [0, 0.1) is 0 Å². The Morgan fingerprint density at radius 1 is 1.03 bits per heavy atom. The lowest BCUT2D eigenvalue weighted by atomic mass is 9.69. The van der Waals surface area contributed by atoms with Gasteiger partial charge in [0.25, 0.3) is 5.91 Å². The molecule has 0 aliphatic heterocycles. The number of hydrogen-bond donors (Lipinski definition) is 2. The molecule has 1 saturated carbocycles. The molecule has 7 heteroatoms. The van der Waals surface area contributed by atoms with Crippen LogP contribution in [0.1, 0.15) is 48.0 Å². The van der Waals surface area contributed by atoms with Crippen LogP contribution in [0.5, 0.6) is 0 Å². The van der Waals surface area contributed by atoms with Crippen LogP contribution in [0.2, 0.25) is 5.02 Å². The highest BCUT2D eigenvalue weighted by Gasteiger charge is 2.42. The van der Waals surface area contributed by atoms with Crippen molar-refractivity contribution in [3.05, 3.63) is 64.7 Å². The monoisotopic (exact) mass is 414 g/mol. The van der Waals surface area contributed by atoms with Crippen LogP contribution in [0.3, 0.4) is 0 Å². The minimum atomic E-state index is -0.771. The summed E-state index contributed by atoms with van der Waals surface area (Å²) in [6.07, 6.45) is 4.24. The molecule has 2 amide bonds. The number of hydrogen-bond acceptors (Lipinski definition) is 4. The second-order valence-electron chi connectivity index (χ2n) is 7.22. The Kier molecular flexibility index (Phi) is 6.54. The molecular weight excluding hydrogens is 392 g/mol. The van der Waals surface area contributed by atoms with Crippen molar-refractivity contribution in [1.29, 1.82) is 0 Å². The van der Waals surface area contributed by atoms with Gasteiger partial charge in [0.2, 0.25) is 5.91 Å². The lowest BCUT2D eigenvalue weighted by molar-refractivity contribution is -0.154. The average molecular weight is 415 g/mol. The summed E-state index contributed by atoms with van der Waals surface area (Å²) in [5.74, 6) is -1.41. The molecule has 0 aromatic heterocycles. The first-order valence-electron chi connectivity index (χ1n) is 9.54. The summed E-state index contributed by atoms with van der Waals surface area (Å²) in [6, 6.07) is 13.4. The van der Waals surface area contributed by atoms with Gasteiger partial charge in [0.05, 0.1) is 5.41 Å². The third kappa shape index (κ3) is 4.95. The van der Waals surface area contributed by atoms with E-state index in [0.717, 1.165) is 24.8 Å². The highest BCUT2D eigenvalue weighted by molar-refractivity contribution is 6.30. The summed E-state index contributed by atoms with van der Waals surface area (Å²) >= 11 is 6.13. The number of anilines is 1. The van der Waals surface area contributed by atoms with Gasteiger partial charge in [-0.3, -0.25) is 14.4 Å². The van der Waals surface area contributed by atoms with Crippen molar-refractivity contribution in [3.8, 4) is 0 Å². The number of nitrogens with two attached hydrogens (primary N) is 1. The Hall–Kier alpha value is -2.86. The minimum Gasteiger partial charge on any atom is -0.455 e. The molecule has 1 aliphatic carbocycles. The first kappa shape index (κ1) is 20.9. The fraction of sp³-hybridized carbons (Fsp3) is 0.318. The first-order valence-corrected chi connectivity index (χ1v) is 9.91. The van der Waals surface area contributed by atoms with Gasteiger partial charge in [-0.25, -0.2) is 0 Å². The summed E-state index contributed by atoms with van der Waals surface area (Å²) in [5.41, 5.74) is 6.08. The van der Waals surface area contributed by atoms with Gasteiger partial charge in [-0.05, 0) is 54.8 Å². The molecule has 1 aliphatic rings. The molecular formula is C22H23ClN2O4. The van der Waals surface area contributed by atoms with E-state index < -0.39 is 29.8 Å². The van der Waals surface area contributed by atoms with Gasteiger partial charge in [0.1, 0.15) is 0 Å². The van der Waals surface area contributed by atoms with E-state index >= 15 is 0 Å². The number of nitrogens with one attached hydrogen (secondary N) is 1. The summed E-state index contributed by atoms with van der Waals surface area (Å²) in [7, 11) is 0. The number of halogens is 1. The maximum Gasteiger partial charge on any atom is 0.317 e. The van der Waals surface area contributed by atoms with Crippen LogP contribution >= 0.6 is 11.6 Å². The van der Waals surface area contributed by atoms with E-state index in [9.17, 15) is 14.4 Å². The van der Waals surface area contributed by atoms with Crippen LogP contribution in [0.15, 0.2) is 48.5 Å². The molecule has 0 heterocycles. The molecule has 3 rings (SSSR count). The van der Waals surface area contributed by atoms with E-state index in [2.05, 4.69) is 5.32 Å². The number of amides is 2. The molecule has 152 valence electrons. The van der Waals surface area contributed by atoms with Gasteiger partial charge in [-0.2, -0.15) is 0 Å². The van der Waals surface area contributed by atoms with Crippen molar-refractivity contribution in [1.82, 2.24) is 0 Å². The molecule has 2 aromatic carbocycles. The maximum absolute atomic E-state index is 13.0. The summed E-state index contributed by atoms with van der Waals surface area (Å²) in [4.78, 5) is 36.3. The lowest BCUT2D eigenvalue weighted by Gasteiger charge is -2.35. The van der Waals surface area contributed by atoms with Crippen molar-refractivity contribution in [2.75, 3.05) is 11.9 Å². The van der Waals surface area contributed by atoms with Crippen molar-refractivity contribution in [2.45, 2.75) is 37.5 Å². The SMILES string of the molecule is NC(=O)c1ccc(NC(=O)COC(=O)C2(c3cccc(Cl)c3)CCCCC2)cc1. The van der Waals surface area contributed by atoms with Gasteiger partial charge in [-0.15, -0.1) is 0 Å². The normalized spacial score (nSPS) is 15.3. The fourth-order valence-electron chi connectivity index (χ4n) is 3.74. The minimum absolute atomic E-state index is 0.343. The lowest BCUT2D eigenvalue weighted by Crippen LogP contribution is -2.40. The third-order valence-electron chi connectivity index (χ3n) is 5.26. The zero-order valence-electron chi connectivity index (χ0n) is 15.9. The number of primary amides is 1. The highest BCUT2D eigenvalue weighted by Crippen LogP contribution is 2.41. The fourth-order valence-corrected chi connectivity index (χ4v) is 3.93. The molecule has 0 bridgehead atoms. The second-order valence-corrected chi connectivity index (χ2v) is 7.66. The van der Waals surface area contributed by atoms with Crippen molar-refractivity contribution >= 4 is 35.1 Å². The predicted octanol–water partition coefficient (Wildman–Crippen LogP) is 3.82. The Bertz CT molecular complexity index is 905. The van der Waals surface area contributed by atoms with E-state index in [1.54, 1.807) is 24.3 Å². The maximum atomic E-state index is 13.0. The summed E-state index contributed by atoms with van der Waals surface area (Å²) < 4.78 is 5.41. The quantitative estimate of drug-likeness (QED) is 0.702. The zero-order chi connectivity index (χ0) is 20.9. The van der Waals surface area contributed by atoms with Gasteiger partial charge < -0.3 is 15.8 Å². The number of carbonyl (C=O) groups excluding carboxylic acids is 3. The molecule has 29 heavy (non-hydrogen) atoms. The second kappa shape index (κ2) is 9.09. The van der Waals surface area contributed by atoms with E-state index in [4.69, 9.17) is 22.1 Å². The first-order chi connectivity index (χ1) is 13.9. The van der Waals surface area contributed by atoms with E-state index in [1.807, 2.05) is 12.1 Å². The van der Waals surface area contributed by atoms with Gasteiger partial charge >= 0.3 is 5.97 Å². The van der Waals surface area contributed by atoms with Gasteiger partial charge in [0, 0.05) is 16.3 Å². The number of rotatable bonds is 6. The topological polar surface area (TPSA) is 98.5 Å². The summed E-state index contributed by atoms with van der Waals surface area (Å²) in [5, 5.41) is 3.21. The number of benzene rings is 2. The molecule has 0 atom stereocenters. The Labute approximate surface area is 174 Å². The highest BCUT2D eigenvalue weighted by atomic mass is 35.5. The molecule has 6 nitrogen and oxygen atoms in total. The van der Waals surface area contributed by atoms with E-state index in [0.29, 0.717) is 29.1 Å². The Morgan fingerprint density at radius 3 is 2.34 bits per heavy atom. The third-order valence-corrected chi connectivity index (χ3v) is 5.50. The van der Waals surface area contributed by atoms with Crippen molar-refractivity contribution in [2.24, 2.45) is 5.73 Å². The Balaban J connectivity index is 1.65. The largest absolute Gasteiger partial charge is 0.455 e. The molecule has 3 N–H and O–H groups in total. The predicted molar refractivity (Wildman–Crippen MR) is 111 cm³/mol. The van der Waals surface area contributed by atoms with Gasteiger partial charge in [-0.1, -0.05) is 43.0 Å². The van der Waals surface area contributed by atoms with Crippen LogP contribution in [0.4, 0.5) is 5.69 Å².